The van der Waals surface area contributed by atoms with Crippen LogP contribution in [0, 0.1) is 6.07 Å². The Kier molecular flexibility index (Phi) is 14.4. The average molecular weight is 410 g/mol. The van der Waals surface area contributed by atoms with Gasteiger partial charge >= 0.3 is 0 Å². The van der Waals surface area contributed by atoms with Gasteiger partial charge in [0.05, 0.1) is 0 Å². The Hall–Kier alpha value is -1.34. The molecule has 0 aliphatic rings. The predicted octanol–water partition coefficient (Wildman–Crippen LogP) is 9.07. The third-order valence-electron chi connectivity index (χ3n) is 6.10. The molecule has 0 heterocycles. The van der Waals surface area contributed by atoms with Crippen LogP contribution < -0.4 is 0 Å². The Morgan fingerprint density at radius 2 is 1.17 bits per heavy atom. The molecule has 0 aliphatic carbocycles. The summed E-state index contributed by atoms with van der Waals surface area (Å²) >= 11 is 0. The zero-order valence-electron chi connectivity index (χ0n) is 19.6. The minimum atomic E-state index is 0.874. The van der Waals surface area contributed by atoms with Gasteiger partial charge in [-0.1, -0.05) is 127 Å². The van der Waals surface area contributed by atoms with E-state index in [0.29, 0.717) is 0 Å². The SMILES string of the molecule is CCCCCCCCCCCCCCCCOCCCc1[c]c2ccccc2cc1. The number of ether oxygens (including phenoxy) is 1. The smallest absolute Gasteiger partial charge is 0.0469 e. The number of hydrogen-bond donors (Lipinski definition) is 0. The van der Waals surface area contributed by atoms with Crippen LogP contribution in [-0.2, 0) is 11.2 Å². The van der Waals surface area contributed by atoms with E-state index in [-0.39, 0.29) is 0 Å². The molecule has 0 saturated heterocycles. The lowest BCUT2D eigenvalue weighted by atomic mass is 10.0. The minimum Gasteiger partial charge on any atom is -0.381 e. The molecule has 0 fully saturated rings. The van der Waals surface area contributed by atoms with Gasteiger partial charge in [-0.3, -0.25) is 0 Å². The highest BCUT2D eigenvalue weighted by Crippen LogP contribution is 2.16. The van der Waals surface area contributed by atoms with Crippen molar-refractivity contribution in [2.45, 2.75) is 110 Å². The van der Waals surface area contributed by atoms with Crippen molar-refractivity contribution >= 4 is 10.8 Å². The van der Waals surface area contributed by atoms with E-state index in [1.165, 1.54) is 106 Å². The van der Waals surface area contributed by atoms with Crippen LogP contribution in [0.25, 0.3) is 10.8 Å². The zero-order valence-corrected chi connectivity index (χ0v) is 19.6. The van der Waals surface area contributed by atoms with Crippen LogP contribution in [0.4, 0.5) is 0 Å². The van der Waals surface area contributed by atoms with Crippen molar-refractivity contribution in [2.24, 2.45) is 0 Å². The molecular formula is C29H45O. The van der Waals surface area contributed by atoms with E-state index in [4.69, 9.17) is 4.74 Å². The van der Waals surface area contributed by atoms with Crippen molar-refractivity contribution < 1.29 is 4.74 Å². The van der Waals surface area contributed by atoms with Crippen LogP contribution >= 0.6 is 0 Å². The number of benzene rings is 2. The summed E-state index contributed by atoms with van der Waals surface area (Å²) in [7, 11) is 0. The van der Waals surface area contributed by atoms with Crippen molar-refractivity contribution in [2.75, 3.05) is 13.2 Å². The molecule has 167 valence electrons. The maximum atomic E-state index is 5.84. The Morgan fingerprint density at radius 3 is 1.83 bits per heavy atom. The Labute approximate surface area is 186 Å². The molecule has 0 amide bonds. The quantitative estimate of drug-likeness (QED) is 0.210. The Bertz CT molecular complexity index is 648. The summed E-state index contributed by atoms with van der Waals surface area (Å²) in [6.07, 6.45) is 21.9. The molecule has 0 aliphatic heterocycles. The summed E-state index contributed by atoms with van der Waals surface area (Å²) in [6.45, 7) is 4.10. The van der Waals surface area contributed by atoms with E-state index < -0.39 is 0 Å². The molecule has 0 saturated carbocycles. The van der Waals surface area contributed by atoms with Crippen molar-refractivity contribution in [1.82, 2.24) is 0 Å². The first-order chi connectivity index (χ1) is 14.9. The predicted molar refractivity (Wildman–Crippen MR) is 132 cm³/mol. The van der Waals surface area contributed by atoms with Gasteiger partial charge < -0.3 is 4.74 Å². The molecule has 0 N–H and O–H groups in total. The van der Waals surface area contributed by atoms with Crippen LogP contribution in [0.1, 0.15) is 109 Å². The molecule has 2 aromatic carbocycles. The summed E-state index contributed by atoms with van der Waals surface area (Å²) in [5.41, 5.74) is 1.30. The molecule has 1 radical (unpaired) electrons. The molecule has 1 heteroatoms. The molecule has 0 aromatic heterocycles. The van der Waals surface area contributed by atoms with Gasteiger partial charge in [-0.25, -0.2) is 0 Å². The fourth-order valence-electron chi connectivity index (χ4n) is 4.17. The largest absolute Gasteiger partial charge is 0.381 e. The summed E-state index contributed by atoms with van der Waals surface area (Å²) in [5.74, 6) is 0. The Balaban J connectivity index is 1.31. The van der Waals surface area contributed by atoms with Crippen LogP contribution in [0.15, 0.2) is 36.4 Å². The Morgan fingerprint density at radius 1 is 0.600 bits per heavy atom. The minimum absolute atomic E-state index is 0.874. The second-order valence-electron chi connectivity index (χ2n) is 8.88. The molecule has 1 nitrogen and oxygen atoms in total. The highest BCUT2D eigenvalue weighted by atomic mass is 16.5. The second kappa shape index (κ2) is 17.4. The highest BCUT2D eigenvalue weighted by Gasteiger charge is 1.98. The summed E-state index contributed by atoms with van der Waals surface area (Å²) < 4.78 is 5.84. The van der Waals surface area contributed by atoms with Crippen LogP contribution in [-0.4, -0.2) is 13.2 Å². The van der Waals surface area contributed by atoms with E-state index in [9.17, 15) is 0 Å². The van der Waals surface area contributed by atoms with Crippen molar-refractivity contribution in [3.05, 3.63) is 48.0 Å². The topological polar surface area (TPSA) is 9.23 Å². The van der Waals surface area contributed by atoms with Gasteiger partial charge in [0.15, 0.2) is 0 Å². The van der Waals surface area contributed by atoms with E-state index in [2.05, 4.69) is 49.4 Å². The van der Waals surface area contributed by atoms with Gasteiger partial charge in [0.2, 0.25) is 0 Å². The second-order valence-corrected chi connectivity index (χ2v) is 8.88. The van der Waals surface area contributed by atoms with Crippen LogP contribution in [0.5, 0.6) is 0 Å². The van der Waals surface area contributed by atoms with Gasteiger partial charge in [-0.15, -0.1) is 0 Å². The summed E-state index contributed by atoms with van der Waals surface area (Å²) in [5, 5.41) is 2.49. The number of rotatable bonds is 19. The van der Waals surface area contributed by atoms with E-state index in [0.717, 1.165) is 26.1 Å². The lowest BCUT2D eigenvalue weighted by molar-refractivity contribution is 0.127. The number of hydrogen-bond acceptors (Lipinski definition) is 1. The van der Waals surface area contributed by atoms with Gasteiger partial charge in [-0.05, 0) is 41.7 Å². The van der Waals surface area contributed by atoms with Crippen molar-refractivity contribution in [1.29, 1.82) is 0 Å². The van der Waals surface area contributed by atoms with Gasteiger partial charge in [0.25, 0.3) is 0 Å². The van der Waals surface area contributed by atoms with Gasteiger partial charge in [0, 0.05) is 13.2 Å². The van der Waals surface area contributed by atoms with Crippen molar-refractivity contribution in [3.8, 4) is 0 Å². The molecule has 2 aromatic rings. The van der Waals surface area contributed by atoms with Crippen LogP contribution in [0.2, 0.25) is 0 Å². The highest BCUT2D eigenvalue weighted by molar-refractivity contribution is 5.82. The molecule has 0 unspecified atom stereocenters. The molecular weight excluding hydrogens is 364 g/mol. The third kappa shape index (κ3) is 11.7. The monoisotopic (exact) mass is 409 g/mol. The molecule has 0 bridgehead atoms. The first-order valence-corrected chi connectivity index (χ1v) is 12.9. The fraction of sp³-hybridized carbons (Fsp3) is 0.655. The lowest BCUT2D eigenvalue weighted by Gasteiger charge is -2.06. The summed E-state index contributed by atoms with van der Waals surface area (Å²) in [6, 6.07) is 16.4. The van der Waals surface area contributed by atoms with Crippen LogP contribution in [0.3, 0.4) is 0 Å². The lowest BCUT2D eigenvalue weighted by Crippen LogP contribution is -1.99. The standard InChI is InChI=1S/C29H45O/c1-2-3-4-5-6-7-8-9-10-11-12-13-14-17-24-30-25-18-19-27-22-23-28-20-15-16-21-29(28)26-27/h15-16,20-23H,2-14,17-19,24-25H2,1H3. The normalized spacial score (nSPS) is 11.4. The maximum Gasteiger partial charge on any atom is 0.0469 e. The first-order valence-electron chi connectivity index (χ1n) is 12.9. The van der Waals surface area contributed by atoms with E-state index in [1.54, 1.807) is 0 Å². The van der Waals surface area contributed by atoms with E-state index in [1.807, 2.05) is 0 Å². The van der Waals surface area contributed by atoms with Gasteiger partial charge in [0.1, 0.15) is 0 Å². The van der Waals surface area contributed by atoms with E-state index >= 15 is 0 Å². The average Bonchev–Trinajstić information content (AvgIpc) is 2.78. The summed E-state index contributed by atoms with van der Waals surface area (Å²) in [4.78, 5) is 0. The molecule has 0 spiro atoms. The van der Waals surface area contributed by atoms with Gasteiger partial charge in [-0.2, -0.15) is 0 Å². The van der Waals surface area contributed by atoms with Crippen molar-refractivity contribution in [3.63, 3.8) is 0 Å². The molecule has 2 rings (SSSR count). The maximum absolute atomic E-state index is 5.84. The molecule has 0 atom stereocenters. The third-order valence-corrected chi connectivity index (χ3v) is 6.10. The fourth-order valence-corrected chi connectivity index (χ4v) is 4.17. The number of fused-ring (bicyclic) bond motifs is 1. The number of aryl methyl sites for hydroxylation is 1. The zero-order chi connectivity index (χ0) is 21.1. The number of unbranched alkanes of at least 4 members (excludes halogenated alkanes) is 13. The molecule has 30 heavy (non-hydrogen) atoms. The first kappa shape index (κ1) is 24.9.